The van der Waals surface area contributed by atoms with Gasteiger partial charge in [0.05, 0.1) is 37.2 Å². The second kappa shape index (κ2) is 21.6. The van der Waals surface area contributed by atoms with Crippen LogP contribution in [-0.4, -0.2) is 86.1 Å². The third-order valence-corrected chi connectivity index (χ3v) is 11.3. The first-order valence-electron chi connectivity index (χ1n) is 19.7. The minimum atomic E-state index is -3.81. The van der Waals surface area contributed by atoms with Crippen LogP contribution in [0.3, 0.4) is 0 Å². The zero-order chi connectivity index (χ0) is 43.9. The summed E-state index contributed by atoms with van der Waals surface area (Å²) in [6, 6.07) is 31.9. The average molecular weight is 849 g/mol. The summed E-state index contributed by atoms with van der Waals surface area (Å²) in [5.74, 6) is -1.39. The molecule has 320 valence electrons. The minimum Gasteiger partial charge on any atom is -0.497 e. The van der Waals surface area contributed by atoms with Gasteiger partial charge in [0.1, 0.15) is 5.75 Å². The van der Waals surface area contributed by atoms with E-state index in [2.05, 4.69) is 20.9 Å². The maximum absolute atomic E-state index is 14.3. The fraction of sp³-hybridized carbons (Fsp3) is 0.283. The molecule has 3 atom stereocenters. The molecule has 0 aliphatic rings. The van der Waals surface area contributed by atoms with Crippen LogP contribution in [-0.2, 0) is 39.1 Å². The van der Waals surface area contributed by atoms with Crippen LogP contribution in [0.4, 0.5) is 5.69 Å². The molecule has 61 heavy (non-hydrogen) atoms. The fourth-order valence-electron chi connectivity index (χ4n) is 6.52. The summed E-state index contributed by atoms with van der Waals surface area (Å²) < 4.78 is 31.7. The maximum Gasteiger partial charge on any atom is 0.251 e. The number of sulfonamides is 1. The summed E-state index contributed by atoms with van der Waals surface area (Å²) in [4.78, 5) is 60.1. The molecule has 15 heteroatoms. The quantitative estimate of drug-likeness (QED) is 0.0854. The van der Waals surface area contributed by atoms with Gasteiger partial charge < -0.3 is 30.7 Å². The standard InChI is InChI=1S/C46H52N6O8S/c1-32(36-17-9-6-10-18-36)49-45(56)37-25-38(27-39(26-37)51(2)61(4,58)59)46(57)50-41(24-33-13-7-5-8-14-33)42(53)31-52(30-34-15-11-19-40(23-34)60-3)44(55)21-20-43(54)48-29-35-16-12-22-47-28-35/h5-19,22-23,25-28,32,41-42,53H,20-21,24,29-31H2,1-4H3,(H,48,54)(H,49,56)(H,50,57). The van der Waals surface area contributed by atoms with Crippen molar-refractivity contribution in [3.05, 3.63) is 161 Å². The largest absolute Gasteiger partial charge is 0.497 e. The monoisotopic (exact) mass is 848 g/mol. The van der Waals surface area contributed by atoms with Crippen molar-refractivity contribution in [3.63, 3.8) is 0 Å². The molecule has 4 N–H and O–H groups in total. The van der Waals surface area contributed by atoms with E-state index in [0.717, 1.165) is 27.3 Å². The molecule has 5 aromatic rings. The number of methoxy groups -OCH3 is 1. The van der Waals surface area contributed by atoms with E-state index in [1.807, 2.05) is 79.7 Å². The summed E-state index contributed by atoms with van der Waals surface area (Å²) in [6.07, 6.45) is 2.84. The Morgan fingerprint density at radius 3 is 2.07 bits per heavy atom. The first-order chi connectivity index (χ1) is 29.2. The molecular formula is C46H52N6O8S. The zero-order valence-corrected chi connectivity index (χ0v) is 35.5. The highest BCUT2D eigenvalue weighted by Crippen LogP contribution is 2.23. The molecule has 0 radical (unpaired) electrons. The lowest BCUT2D eigenvalue weighted by Gasteiger charge is -2.31. The number of nitrogens with one attached hydrogen (secondary N) is 3. The molecule has 0 saturated carbocycles. The molecular weight excluding hydrogens is 797 g/mol. The number of hydrogen-bond acceptors (Lipinski definition) is 9. The summed E-state index contributed by atoms with van der Waals surface area (Å²) >= 11 is 0. The van der Waals surface area contributed by atoms with E-state index < -0.39 is 45.9 Å². The van der Waals surface area contributed by atoms with Gasteiger partial charge in [-0.3, -0.25) is 28.5 Å². The lowest BCUT2D eigenvalue weighted by Crippen LogP contribution is -2.50. The van der Waals surface area contributed by atoms with Crippen LogP contribution >= 0.6 is 0 Å². The van der Waals surface area contributed by atoms with Gasteiger partial charge in [0.25, 0.3) is 11.8 Å². The van der Waals surface area contributed by atoms with Crippen LogP contribution < -0.4 is 25.0 Å². The molecule has 1 aromatic heterocycles. The van der Waals surface area contributed by atoms with Crippen molar-refractivity contribution in [2.45, 2.75) is 57.5 Å². The first-order valence-corrected chi connectivity index (χ1v) is 21.6. The molecule has 0 bridgehead atoms. The van der Waals surface area contributed by atoms with Gasteiger partial charge in [-0.2, -0.15) is 0 Å². The molecule has 1 heterocycles. The molecule has 3 unspecified atom stereocenters. The molecule has 0 spiro atoms. The third-order valence-electron chi connectivity index (χ3n) is 10.1. The summed E-state index contributed by atoms with van der Waals surface area (Å²) in [7, 11) is -0.955. The number of anilines is 1. The van der Waals surface area contributed by atoms with Gasteiger partial charge in [0, 0.05) is 63.0 Å². The lowest BCUT2D eigenvalue weighted by atomic mass is 9.99. The minimum absolute atomic E-state index is 0.0302. The second-order valence-electron chi connectivity index (χ2n) is 14.7. The Balaban J connectivity index is 1.41. The number of benzene rings is 4. The number of amides is 4. The van der Waals surface area contributed by atoms with Crippen molar-refractivity contribution in [2.24, 2.45) is 0 Å². The SMILES string of the molecule is COc1cccc(CN(CC(O)C(Cc2ccccc2)NC(=O)c2cc(C(=O)NC(C)c3ccccc3)cc(N(C)S(C)(=O)=O)c2)C(=O)CCC(=O)NCc2cccnc2)c1. The Labute approximate surface area is 357 Å². The van der Waals surface area contributed by atoms with Crippen molar-refractivity contribution >= 4 is 39.3 Å². The highest BCUT2D eigenvalue weighted by atomic mass is 32.2. The number of rotatable bonds is 20. The van der Waals surface area contributed by atoms with Gasteiger partial charge in [-0.05, 0) is 72.0 Å². The van der Waals surface area contributed by atoms with E-state index >= 15 is 0 Å². The number of aliphatic hydroxyl groups is 1. The van der Waals surface area contributed by atoms with Gasteiger partial charge in [0.2, 0.25) is 21.8 Å². The zero-order valence-electron chi connectivity index (χ0n) is 34.7. The molecule has 4 aromatic carbocycles. The molecule has 5 rings (SSSR count). The number of ether oxygens (including phenoxy) is 1. The molecule has 0 fully saturated rings. The molecule has 4 amide bonds. The van der Waals surface area contributed by atoms with Crippen LogP contribution in [0.1, 0.15) is 68.8 Å². The predicted molar refractivity (Wildman–Crippen MR) is 233 cm³/mol. The van der Waals surface area contributed by atoms with Gasteiger partial charge in [-0.1, -0.05) is 78.9 Å². The van der Waals surface area contributed by atoms with Crippen LogP contribution in [0.2, 0.25) is 0 Å². The van der Waals surface area contributed by atoms with Crippen LogP contribution in [0.5, 0.6) is 5.75 Å². The molecule has 0 aliphatic carbocycles. The van der Waals surface area contributed by atoms with Crippen molar-refractivity contribution in [1.29, 1.82) is 0 Å². The van der Waals surface area contributed by atoms with E-state index in [-0.39, 0.29) is 61.6 Å². The normalized spacial score (nSPS) is 12.6. The number of hydrogen-bond donors (Lipinski definition) is 4. The van der Waals surface area contributed by atoms with E-state index in [0.29, 0.717) is 11.3 Å². The van der Waals surface area contributed by atoms with E-state index in [9.17, 15) is 32.7 Å². The third kappa shape index (κ3) is 13.7. The summed E-state index contributed by atoms with van der Waals surface area (Å²) in [5, 5.41) is 20.6. The smallest absolute Gasteiger partial charge is 0.251 e. The van der Waals surface area contributed by atoms with Crippen LogP contribution in [0, 0.1) is 0 Å². The van der Waals surface area contributed by atoms with E-state index in [1.54, 1.807) is 36.7 Å². The Kier molecular flexibility index (Phi) is 16.1. The summed E-state index contributed by atoms with van der Waals surface area (Å²) in [5.41, 5.74) is 3.24. The highest BCUT2D eigenvalue weighted by Gasteiger charge is 2.28. The molecule has 0 aliphatic heterocycles. The van der Waals surface area contributed by atoms with Crippen LogP contribution in [0.25, 0.3) is 0 Å². The Morgan fingerprint density at radius 1 is 0.787 bits per heavy atom. The van der Waals surface area contributed by atoms with Gasteiger partial charge in [0.15, 0.2) is 0 Å². The van der Waals surface area contributed by atoms with Gasteiger partial charge in [-0.15, -0.1) is 0 Å². The van der Waals surface area contributed by atoms with E-state index in [4.69, 9.17) is 4.74 Å². The topological polar surface area (TPSA) is 187 Å². The number of pyridine rings is 1. The average Bonchev–Trinajstić information content (AvgIpc) is 3.27. The Hall–Kier alpha value is -6.58. The van der Waals surface area contributed by atoms with E-state index in [1.165, 1.54) is 37.3 Å². The summed E-state index contributed by atoms with van der Waals surface area (Å²) in [6.45, 7) is 1.90. The van der Waals surface area contributed by atoms with Crippen molar-refractivity contribution in [2.75, 3.05) is 31.3 Å². The maximum atomic E-state index is 14.3. The van der Waals surface area contributed by atoms with Crippen molar-refractivity contribution < 1.29 is 37.4 Å². The van der Waals surface area contributed by atoms with Crippen molar-refractivity contribution in [1.82, 2.24) is 25.8 Å². The van der Waals surface area contributed by atoms with Gasteiger partial charge in [-0.25, -0.2) is 8.42 Å². The molecule has 14 nitrogen and oxygen atoms in total. The second-order valence-corrected chi connectivity index (χ2v) is 16.7. The Bertz CT molecular complexity index is 2370. The molecule has 0 saturated heterocycles. The van der Waals surface area contributed by atoms with Crippen LogP contribution in [0.15, 0.2) is 128 Å². The number of aromatic nitrogens is 1. The number of nitrogens with zero attached hydrogens (tertiary/aromatic N) is 3. The predicted octanol–water partition coefficient (Wildman–Crippen LogP) is 4.80. The number of carbonyl (C=O) groups is 4. The highest BCUT2D eigenvalue weighted by molar-refractivity contribution is 7.92. The Morgan fingerprint density at radius 2 is 1.43 bits per heavy atom. The van der Waals surface area contributed by atoms with Crippen molar-refractivity contribution in [3.8, 4) is 5.75 Å². The number of carbonyl (C=O) groups excluding carboxylic acids is 4. The first kappa shape index (κ1) is 45.5. The van der Waals surface area contributed by atoms with Gasteiger partial charge >= 0.3 is 0 Å². The number of aliphatic hydroxyl groups excluding tert-OH is 1. The fourth-order valence-corrected chi connectivity index (χ4v) is 7.01. The lowest BCUT2D eigenvalue weighted by molar-refractivity contribution is -0.135.